The van der Waals surface area contributed by atoms with E-state index in [-0.39, 0.29) is 11.8 Å². The molecule has 2 aromatic rings. The zero-order valence-electron chi connectivity index (χ0n) is 11.2. The van der Waals surface area contributed by atoms with Gasteiger partial charge in [0.15, 0.2) is 0 Å². The molecule has 0 radical (unpaired) electrons. The van der Waals surface area contributed by atoms with Crippen molar-refractivity contribution in [3.63, 3.8) is 0 Å². The third-order valence-corrected chi connectivity index (χ3v) is 2.92. The Balaban J connectivity index is 1.97. The van der Waals surface area contributed by atoms with E-state index in [4.69, 9.17) is 0 Å². The van der Waals surface area contributed by atoms with Crippen molar-refractivity contribution in [2.75, 3.05) is 0 Å². The number of benzene rings is 2. The summed E-state index contributed by atoms with van der Waals surface area (Å²) in [6.07, 6.45) is 0.859. The molecule has 0 aromatic heterocycles. The summed E-state index contributed by atoms with van der Waals surface area (Å²) in [5, 5.41) is 0. The highest BCUT2D eigenvalue weighted by Gasteiger charge is 2.08. The van der Waals surface area contributed by atoms with Crippen LogP contribution in [-0.4, -0.2) is 11.8 Å². The number of amides is 2. The molecule has 0 atom stereocenters. The maximum Gasteiger partial charge on any atom is 0.269 e. The second-order valence-electron chi connectivity index (χ2n) is 4.33. The maximum absolute atomic E-state index is 11.9. The zero-order valence-corrected chi connectivity index (χ0v) is 11.2. The van der Waals surface area contributed by atoms with Crippen molar-refractivity contribution < 1.29 is 9.59 Å². The van der Waals surface area contributed by atoms with Gasteiger partial charge in [0.25, 0.3) is 11.8 Å². The van der Waals surface area contributed by atoms with Gasteiger partial charge in [-0.2, -0.15) is 0 Å². The number of nitrogens with one attached hydrogen (secondary N) is 2. The van der Waals surface area contributed by atoms with E-state index in [1.807, 2.05) is 31.2 Å². The van der Waals surface area contributed by atoms with Crippen molar-refractivity contribution in [2.24, 2.45) is 0 Å². The Labute approximate surface area is 117 Å². The highest BCUT2D eigenvalue weighted by molar-refractivity contribution is 5.99. The van der Waals surface area contributed by atoms with Gasteiger partial charge in [-0.1, -0.05) is 37.3 Å². The van der Waals surface area contributed by atoms with Crippen molar-refractivity contribution in [2.45, 2.75) is 13.3 Å². The van der Waals surface area contributed by atoms with Crippen LogP contribution in [0.5, 0.6) is 0 Å². The van der Waals surface area contributed by atoms with Crippen molar-refractivity contribution >= 4 is 11.8 Å². The molecular formula is C16H16N2O2. The SMILES string of the molecule is CCc1cccc(C(=O)NNC(=O)c2ccccc2)c1. The summed E-state index contributed by atoms with van der Waals surface area (Å²) in [5.74, 6) is -0.671. The van der Waals surface area contributed by atoms with Crippen LogP contribution in [0.1, 0.15) is 33.2 Å². The van der Waals surface area contributed by atoms with E-state index in [0.29, 0.717) is 11.1 Å². The highest BCUT2D eigenvalue weighted by atomic mass is 16.2. The van der Waals surface area contributed by atoms with E-state index >= 15 is 0 Å². The van der Waals surface area contributed by atoms with Crippen LogP contribution in [0.2, 0.25) is 0 Å². The van der Waals surface area contributed by atoms with Crippen LogP contribution in [0.4, 0.5) is 0 Å². The summed E-state index contributed by atoms with van der Waals surface area (Å²) in [6, 6.07) is 16.0. The Morgan fingerprint density at radius 3 is 2.10 bits per heavy atom. The Morgan fingerprint density at radius 1 is 0.850 bits per heavy atom. The topological polar surface area (TPSA) is 58.2 Å². The van der Waals surface area contributed by atoms with E-state index in [2.05, 4.69) is 10.9 Å². The van der Waals surface area contributed by atoms with Gasteiger partial charge in [0.1, 0.15) is 0 Å². The number of rotatable bonds is 3. The molecule has 0 fully saturated rings. The summed E-state index contributed by atoms with van der Waals surface area (Å²) in [6.45, 7) is 2.02. The molecular weight excluding hydrogens is 252 g/mol. The molecule has 0 aliphatic rings. The third kappa shape index (κ3) is 3.45. The first kappa shape index (κ1) is 13.8. The van der Waals surface area contributed by atoms with Gasteiger partial charge >= 0.3 is 0 Å². The lowest BCUT2D eigenvalue weighted by Gasteiger charge is -2.08. The Bertz CT molecular complexity index is 609. The smallest absolute Gasteiger partial charge is 0.267 e. The fourth-order valence-electron chi connectivity index (χ4n) is 1.78. The van der Waals surface area contributed by atoms with Crippen molar-refractivity contribution in [1.82, 2.24) is 10.9 Å². The molecule has 0 unspecified atom stereocenters. The monoisotopic (exact) mass is 268 g/mol. The van der Waals surface area contributed by atoms with Crippen molar-refractivity contribution in [1.29, 1.82) is 0 Å². The lowest BCUT2D eigenvalue weighted by molar-refractivity contribution is 0.0846. The van der Waals surface area contributed by atoms with Crippen LogP contribution in [0.3, 0.4) is 0 Å². The normalized spacial score (nSPS) is 9.85. The summed E-state index contributed by atoms with van der Waals surface area (Å²) < 4.78 is 0. The zero-order chi connectivity index (χ0) is 14.4. The van der Waals surface area contributed by atoms with E-state index in [1.165, 1.54) is 0 Å². The fourth-order valence-corrected chi connectivity index (χ4v) is 1.78. The minimum atomic E-state index is -0.342. The highest BCUT2D eigenvalue weighted by Crippen LogP contribution is 2.05. The molecule has 2 N–H and O–H groups in total. The number of hydrogen-bond acceptors (Lipinski definition) is 2. The standard InChI is InChI=1S/C16H16N2O2/c1-2-12-7-6-10-14(11-12)16(20)18-17-15(19)13-8-4-3-5-9-13/h3-11H,2H2,1H3,(H,17,19)(H,18,20). The van der Waals surface area contributed by atoms with Gasteiger partial charge in [-0.05, 0) is 36.2 Å². The number of hydrogen-bond donors (Lipinski definition) is 2. The van der Waals surface area contributed by atoms with Crippen LogP contribution in [0.25, 0.3) is 0 Å². The van der Waals surface area contributed by atoms with Gasteiger partial charge < -0.3 is 0 Å². The van der Waals surface area contributed by atoms with E-state index in [0.717, 1.165) is 12.0 Å². The van der Waals surface area contributed by atoms with E-state index in [9.17, 15) is 9.59 Å². The quantitative estimate of drug-likeness (QED) is 0.839. The number of hydrazine groups is 1. The predicted molar refractivity (Wildman–Crippen MR) is 77.2 cm³/mol. The molecule has 2 aromatic carbocycles. The number of carbonyl (C=O) groups excluding carboxylic acids is 2. The van der Waals surface area contributed by atoms with E-state index in [1.54, 1.807) is 30.3 Å². The second kappa shape index (κ2) is 6.52. The van der Waals surface area contributed by atoms with Crippen LogP contribution >= 0.6 is 0 Å². The molecule has 4 heteroatoms. The largest absolute Gasteiger partial charge is 0.269 e. The molecule has 0 spiro atoms. The summed E-state index contributed by atoms with van der Waals surface area (Å²) in [7, 11) is 0. The lowest BCUT2D eigenvalue weighted by Crippen LogP contribution is -2.41. The summed E-state index contributed by atoms with van der Waals surface area (Å²) >= 11 is 0. The molecule has 20 heavy (non-hydrogen) atoms. The first-order valence-corrected chi connectivity index (χ1v) is 6.45. The third-order valence-electron chi connectivity index (χ3n) is 2.92. The van der Waals surface area contributed by atoms with Gasteiger partial charge in [-0.3, -0.25) is 20.4 Å². The van der Waals surface area contributed by atoms with Crippen LogP contribution in [0, 0.1) is 0 Å². The van der Waals surface area contributed by atoms with Crippen LogP contribution < -0.4 is 10.9 Å². The van der Waals surface area contributed by atoms with Crippen molar-refractivity contribution in [3.8, 4) is 0 Å². The Hall–Kier alpha value is -2.62. The summed E-state index contributed by atoms with van der Waals surface area (Å²) in [5.41, 5.74) is 6.90. The van der Waals surface area contributed by atoms with Crippen molar-refractivity contribution in [3.05, 3.63) is 71.3 Å². The molecule has 102 valence electrons. The molecule has 0 aliphatic heterocycles. The molecule has 2 rings (SSSR count). The predicted octanol–water partition coefficient (Wildman–Crippen LogP) is 2.32. The molecule has 0 aliphatic carbocycles. The van der Waals surface area contributed by atoms with Gasteiger partial charge in [0, 0.05) is 11.1 Å². The van der Waals surface area contributed by atoms with Crippen LogP contribution in [-0.2, 0) is 6.42 Å². The number of aryl methyl sites for hydroxylation is 1. The first-order chi connectivity index (χ1) is 9.70. The van der Waals surface area contributed by atoms with Gasteiger partial charge in [0.2, 0.25) is 0 Å². The molecule has 0 heterocycles. The molecule has 0 bridgehead atoms. The van der Waals surface area contributed by atoms with Gasteiger partial charge in [-0.25, -0.2) is 0 Å². The first-order valence-electron chi connectivity index (χ1n) is 6.45. The average Bonchev–Trinajstić information content (AvgIpc) is 2.53. The molecule has 0 saturated carbocycles. The minimum Gasteiger partial charge on any atom is -0.267 e. The van der Waals surface area contributed by atoms with Crippen LogP contribution in [0.15, 0.2) is 54.6 Å². The number of carbonyl (C=O) groups is 2. The minimum absolute atomic E-state index is 0.329. The molecule has 2 amide bonds. The maximum atomic E-state index is 11.9. The lowest BCUT2D eigenvalue weighted by atomic mass is 10.1. The average molecular weight is 268 g/mol. The second-order valence-corrected chi connectivity index (χ2v) is 4.33. The molecule has 0 saturated heterocycles. The van der Waals surface area contributed by atoms with Gasteiger partial charge in [0.05, 0.1) is 0 Å². The fraction of sp³-hybridized carbons (Fsp3) is 0.125. The Kier molecular flexibility index (Phi) is 4.50. The molecule has 4 nitrogen and oxygen atoms in total. The Morgan fingerprint density at radius 2 is 1.45 bits per heavy atom. The van der Waals surface area contributed by atoms with Gasteiger partial charge in [-0.15, -0.1) is 0 Å². The van der Waals surface area contributed by atoms with E-state index < -0.39 is 0 Å². The summed E-state index contributed by atoms with van der Waals surface area (Å²) in [4.78, 5) is 23.7.